The SMILES string of the molecule is CC1CC(C(F)(F)F)=CC=C1CCCCCOc1ccc(-c2cnc([C@@H](N)CO)s2)cc1C(F)(F)F. The van der Waals surface area contributed by atoms with Gasteiger partial charge in [0, 0.05) is 11.8 Å². The van der Waals surface area contributed by atoms with Gasteiger partial charge in [-0.25, -0.2) is 4.98 Å². The van der Waals surface area contributed by atoms with Gasteiger partial charge in [0.2, 0.25) is 0 Å². The van der Waals surface area contributed by atoms with Crippen molar-refractivity contribution in [3.8, 4) is 16.2 Å². The first kappa shape index (κ1) is 28.2. The van der Waals surface area contributed by atoms with Crippen molar-refractivity contribution in [3.63, 3.8) is 0 Å². The number of thiazole rings is 1. The lowest BCUT2D eigenvalue weighted by molar-refractivity contribution is -0.138. The Bertz CT molecular complexity index is 1090. The monoisotopic (exact) mass is 534 g/mol. The molecule has 0 amide bonds. The summed E-state index contributed by atoms with van der Waals surface area (Å²) in [5.74, 6) is -0.457. The largest absolute Gasteiger partial charge is 0.493 e. The highest BCUT2D eigenvalue weighted by molar-refractivity contribution is 7.15. The fraction of sp³-hybridized carbons (Fsp3) is 0.480. The van der Waals surface area contributed by atoms with Crippen molar-refractivity contribution in [3.05, 3.63) is 58.3 Å². The van der Waals surface area contributed by atoms with E-state index in [4.69, 9.17) is 15.6 Å². The van der Waals surface area contributed by atoms with Gasteiger partial charge in [-0.3, -0.25) is 0 Å². The molecule has 3 N–H and O–H groups in total. The molecule has 1 aromatic carbocycles. The standard InChI is InChI=1S/C25H28F6N2O2S/c1-15-11-18(24(26,27)28)8-6-16(15)5-3-2-4-10-35-21-9-7-17(12-19(21)25(29,30)31)22-13-33-23(36-22)20(32)14-34/h6-9,12-13,15,20,34H,2-5,10-11,14,32H2,1H3/t15?,20-/m0/s1. The maximum Gasteiger partial charge on any atom is 0.419 e. The number of hydrogen-bond donors (Lipinski definition) is 2. The fourth-order valence-electron chi connectivity index (χ4n) is 3.93. The molecule has 11 heteroatoms. The van der Waals surface area contributed by atoms with Crippen LogP contribution in [0.2, 0.25) is 0 Å². The van der Waals surface area contributed by atoms with Crippen LogP contribution in [0.3, 0.4) is 0 Å². The predicted octanol–water partition coefficient (Wildman–Crippen LogP) is 7.22. The van der Waals surface area contributed by atoms with Gasteiger partial charge in [0.25, 0.3) is 0 Å². The topological polar surface area (TPSA) is 68.4 Å². The zero-order chi connectivity index (χ0) is 26.5. The number of benzene rings is 1. The van der Waals surface area contributed by atoms with E-state index in [1.165, 1.54) is 24.4 Å². The maximum absolute atomic E-state index is 13.7. The number of unbranched alkanes of at least 4 members (excludes halogenated alkanes) is 2. The van der Waals surface area contributed by atoms with Gasteiger partial charge in [-0.15, -0.1) is 11.3 Å². The van der Waals surface area contributed by atoms with Crippen molar-refractivity contribution in [2.45, 2.75) is 57.4 Å². The Morgan fingerprint density at radius 1 is 1.11 bits per heavy atom. The van der Waals surface area contributed by atoms with Crippen LogP contribution in [0.1, 0.15) is 55.6 Å². The van der Waals surface area contributed by atoms with Crippen molar-refractivity contribution >= 4 is 11.3 Å². The highest BCUT2D eigenvalue weighted by Crippen LogP contribution is 2.40. The van der Waals surface area contributed by atoms with Crippen molar-refractivity contribution in [2.24, 2.45) is 11.7 Å². The van der Waals surface area contributed by atoms with Crippen LogP contribution in [-0.2, 0) is 6.18 Å². The van der Waals surface area contributed by atoms with Crippen LogP contribution in [0.5, 0.6) is 5.75 Å². The maximum atomic E-state index is 13.7. The van der Waals surface area contributed by atoms with Crippen LogP contribution in [0.4, 0.5) is 26.3 Å². The van der Waals surface area contributed by atoms with Gasteiger partial charge in [-0.1, -0.05) is 24.6 Å². The van der Waals surface area contributed by atoms with E-state index in [0.717, 1.165) is 29.1 Å². The third-order valence-electron chi connectivity index (χ3n) is 6.00. The second-order valence-electron chi connectivity index (χ2n) is 8.76. The Labute approximate surface area is 209 Å². The van der Waals surface area contributed by atoms with E-state index in [9.17, 15) is 26.3 Å². The van der Waals surface area contributed by atoms with Crippen LogP contribution in [0.15, 0.2) is 47.7 Å². The normalized spacial score (nSPS) is 17.5. The third-order valence-corrected chi connectivity index (χ3v) is 7.17. The number of alkyl halides is 6. The summed E-state index contributed by atoms with van der Waals surface area (Å²) < 4.78 is 85.0. The first-order valence-electron chi connectivity index (χ1n) is 11.5. The highest BCUT2D eigenvalue weighted by Gasteiger charge is 2.36. The molecular formula is C25H28F6N2O2S. The number of aliphatic hydroxyl groups is 1. The molecule has 1 aliphatic rings. The number of nitrogens with zero attached hydrogens (tertiary/aromatic N) is 1. The molecular weight excluding hydrogens is 506 g/mol. The molecule has 0 radical (unpaired) electrons. The summed E-state index contributed by atoms with van der Waals surface area (Å²) in [6.07, 6.45) is -2.32. The fourth-order valence-corrected chi connectivity index (χ4v) is 4.84. The average Bonchev–Trinajstić information content (AvgIpc) is 3.30. The van der Waals surface area contributed by atoms with Gasteiger partial charge < -0.3 is 15.6 Å². The number of rotatable bonds is 10. The van der Waals surface area contributed by atoms with Crippen molar-refractivity contribution in [1.29, 1.82) is 0 Å². The lowest BCUT2D eigenvalue weighted by Crippen LogP contribution is -2.17. The predicted molar refractivity (Wildman–Crippen MR) is 127 cm³/mol. The van der Waals surface area contributed by atoms with E-state index in [-0.39, 0.29) is 31.3 Å². The minimum atomic E-state index is -4.62. The van der Waals surface area contributed by atoms with Gasteiger partial charge in [0.05, 0.1) is 29.7 Å². The van der Waals surface area contributed by atoms with Crippen LogP contribution >= 0.6 is 11.3 Å². The van der Waals surface area contributed by atoms with Gasteiger partial charge in [0.15, 0.2) is 0 Å². The van der Waals surface area contributed by atoms with Crippen molar-refractivity contribution in [2.75, 3.05) is 13.2 Å². The molecule has 1 unspecified atom stereocenters. The van der Waals surface area contributed by atoms with Gasteiger partial charge in [-0.2, -0.15) is 26.3 Å². The third kappa shape index (κ3) is 7.33. The second-order valence-corrected chi connectivity index (χ2v) is 9.82. The van der Waals surface area contributed by atoms with E-state index in [1.54, 1.807) is 6.92 Å². The van der Waals surface area contributed by atoms with Crippen molar-refractivity contribution < 1.29 is 36.2 Å². The van der Waals surface area contributed by atoms with E-state index < -0.39 is 29.5 Å². The molecule has 2 atom stereocenters. The zero-order valence-electron chi connectivity index (χ0n) is 19.6. The molecule has 198 valence electrons. The quantitative estimate of drug-likeness (QED) is 0.250. The Morgan fingerprint density at radius 3 is 2.50 bits per heavy atom. The number of ether oxygens (including phenoxy) is 1. The van der Waals surface area contributed by atoms with Crippen LogP contribution < -0.4 is 10.5 Å². The lowest BCUT2D eigenvalue weighted by atomic mass is 9.85. The average molecular weight is 535 g/mol. The van der Waals surface area contributed by atoms with Gasteiger partial charge in [-0.05, 0) is 61.8 Å². The summed E-state index contributed by atoms with van der Waals surface area (Å²) in [6, 6.07) is 3.12. The summed E-state index contributed by atoms with van der Waals surface area (Å²) >= 11 is 1.12. The van der Waals surface area contributed by atoms with Gasteiger partial charge >= 0.3 is 12.4 Å². The zero-order valence-corrected chi connectivity index (χ0v) is 20.4. The molecule has 2 aromatic rings. The van der Waals surface area contributed by atoms with E-state index >= 15 is 0 Å². The molecule has 0 bridgehead atoms. The van der Waals surface area contributed by atoms with Crippen LogP contribution in [-0.4, -0.2) is 29.5 Å². The Hall–Kier alpha value is -2.37. The van der Waals surface area contributed by atoms with Crippen LogP contribution in [0.25, 0.3) is 10.4 Å². The minimum absolute atomic E-state index is 0.0360. The minimum Gasteiger partial charge on any atom is -0.493 e. The molecule has 1 heterocycles. The summed E-state index contributed by atoms with van der Waals surface area (Å²) in [4.78, 5) is 4.57. The van der Waals surface area contributed by atoms with E-state index in [1.807, 2.05) is 0 Å². The van der Waals surface area contributed by atoms with Crippen LogP contribution in [0, 0.1) is 5.92 Å². The number of hydrogen-bond acceptors (Lipinski definition) is 5. The Morgan fingerprint density at radius 2 is 1.86 bits per heavy atom. The molecule has 1 aliphatic carbocycles. The molecule has 0 saturated heterocycles. The molecule has 0 fully saturated rings. The summed E-state index contributed by atoms with van der Waals surface area (Å²) in [5.41, 5.74) is 5.57. The Balaban J connectivity index is 1.55. The molecule has 0 aliphatic heterocycles. The Kier molecular flexibility index (Phi) is 9.23. The molecule has 0 spiro atoms. The smallest absolute Gasteiger partial charge is 0.419 e. The first-order chi connectivity index (χ1) is 16.9. The number of aromatic nitrogens is 1. The first-order valence-corrected chi connectivity index (χ1v) is 12.3. The number of aliphatic hydroxyl groups excluding tert-OH is 1. The second kappa shape index (κ2) is 11.8. The molecule has 4 nitrogen and oxygen atoms in total. The lowest BCUT2D eigenvalue weighted by Gasteiger charge is -2.23. The molecule has 0 saturated carbocycles. The molecule has 3 rings (SSSR count). The summed E-state index contributed by atoms with van der Waals surface area (Å²) in [6.45, 7) is 1.54. The van der Waals surface area contributed by atoms with Gasteiger partial charge in [0.1, 0.15) is 10.8 Å². The number of halogens is 6. The molecule has 36 heavy (non-hydrogen) atoms. The van der Waals surface area contributed by atoms with Crippen molar-refractivity contribution in [1.82, 2.24) is 4.98 Å². The van der Waals surface area contributed by atoms with E-state index in [2.05, 4.69) is 4.98 Å². The van der Waals surface area contributed by atoms with E-state index in [0.29, 0.717) is 41.1 Å². The summed E-state index contributed by atoms with van der Waals surface area (Å²) in [5, 5.41) is 9.57. The molecule has 1 aromatic heterocycles. The highest BCUT2D eigenvalue weighted by atomic mass is 32.1. The summed E-state index contributed by atoms with van der Waals surface area (Å²) in [7, 11) is 0. The number of allylic oxidation sites excluding steroid dienone is 4. The number of nitrogens with two attached hydrogens (primary N) is 1.